The van der Waals surface area contributed by atoms with Crippen LogP contribution in [0.15, 0.2) is 18.2 Å². The van der Waals surface area contributed by atoms with Crippen molar-refractivity contribution in [3.8, 4) is 0 Å². The second-order valence-electron chi connectivity index (χ2n) is 6.24. The third kappa shape index (κ3) is 2.16. The molecule has 0 bridgehead atoms. The zero-order valence-corrected chi connectivity index (χ0v) is 13.4. The molecular formula is C17H23NOS. The summed E-state index contributed by atoms with van der Waals surface area (Å²) in [6.45, 7) is 6.36. The molecule has 20 heavy (non-hydrogen) atoms. The highest BCUT2D eigenvalue weighted by Crippen LogP contribution is 2.51. The first-order valence-corrected chi connectivity index (χ1v) is 8.45. The minimum Gasteiger partial charge on any atom is -0.346 e. The predicted octanol–water partition coefficient (Wildman–Crippen LogP) is 4.43. The molecule has 0 N–H and O–H groups in total. The first kappa shape index (κ1) is 14.0. The van der Waals surface area contributed by atoms with Crippen LogP contribution in [-0.4, -0.2) is 16.0 Å². The van der Waals surface area contributed by atoms with E-state index in [0.29, 0.717) is 5.12 Å². The molecule has 0 radical (unpaired) electrons. The fourth-order valence-electron chi connectivity index (χ4n) is 3.56. The summed E-state index contributed by atoms with van der Waals surface area (Å²) in [5.41, 5.74) is 3.85. The van der Waals surface area contributed by atoms with Crippen LogP contribution in [0, 0.1) is 13.8 Å². The van der Waals surface area contributed by atoms with E-state index in [2.05, 4.69) is 43.9 Å². The SMILES string of the molecule is Cc1ccc(N2C(C)C(=O)SC23CCCCC3)cc1C. The van der Waals surface area contributed by atoms with E-state index in [-0.39, 0.29) is 10.9 Å². The second kappa shape index (κ2) is 5.10. The van der Waals surface area contributed by atoms with Crippen LogP contribution in [-0.2, 0) is 4.79 Å². The number of aryl methyl sites for hydroxylation is 2. The molecule has 108 valence electrons. The van der Waals surface area contributed by atoms with Crippen LogP contribution in [0.3, 0.4) is 0 Å². The summed E-state index contributed by atoms with van der Waals surface area (Å²) in [6.07, 6.45) is 6.08. The predicted molar refractivity (Wildman–Crippen MR) is 86.3 cm³/mol. The van der Waals surface area contributed by atoms with E-state index in [1.807, 2.05) is 0 Å². The van der Waals surface area contributed by atoms with Crippen LogP contribution >= 0.6 is 11.8 Å². The van der Waals surface area contributed by atoms with Crippen LogP contribution in [0.2, 0.25) is 0 Å². The maximum Gasteiger partial charge on any atom is 0.213 e. The van der Waals surface area contributed by atoms with Crippen molar-refractivity contribution in [2.45, 2.75) is 63.8 Å². The maximum absolute atomic E-state index is 12.3. The van der Waals surface area contributed by atoms with E-state index in [0.717, 1.165) is 12.8 Å². The maximum atomic E-state index is 12.3. The highest BCUT2D eigenvalue weighted by Gasteiger charge is 2.50. The van der Waals surface area contributed by atoms with Gasteiger partial charge in [0.1, 0.15) is 0 Å². The number of carbonyl (C=O) groups is 1. The van der Waals surface area contributed by atoms with Crippen LogP contribution in [0.1, 0.15) is 50.2 Å². The van der Waals surface area contributed by atoms with Gasteiger partial charge in [-0.05, 0) is 56.9 Å². The van der Waals surface area contributed by atoms with Crippen molar-refractivity contribution in [3.05, 3.63) is 29.3 Å². The molecule has 2 aliphatic rings. The first-order valence-electron chi connectivity index (χ1n) is 7.63. The molecule has 1 aliphatic carbocycles. The lowest BCUT2D eigenvalue weighted by Gasteiger charge is -2.43. The lowest BCUT2D eigenvalue weighted by molar-refractivity contribution is -0.111. The van der Waals surface area contributed by atoms with Crippen molar-refractivity contribution in [1.29, 1.82) is 0 Å². The van der Waals surface area contributed by atoms with Gasteiger partial charge in [-0.25, -0.2) is 0 Å². The van der Waals surface area contributed by atoms with Crippen molar-refractivity contribution in [3.63, 3.8) is 0 Å². The van der Waals surface area contributed by atoms with E-state index in [1.165, 1.54) is 36.1 Å². The summed E-state index contributed by atoms with van der Waals surface area (Å²) < 4.78 is 0. The molecule has 0 aromatic heterocycles. The second-order valence-corrected chi connectivity index (χ2v) is 7.61. The zero-order valence-electron chi connectivity index (χ0n) is 12.6. The Morgan fingerprint density at radius 2 is 1.85 bits per heavy atom. The summed E-state index contributed by atoms with van der Waals surface area (Å²) in [4.78, 5) is 14.7. The third-order valence-corrected chi connectivity index (χ3v) is 6.39. The number of thioether (sulfide) groups is 1. The third-order valence-electron chi connectivity index (χ3n) is 4.86. The molecule has 1 heterocycles. The molecule has 1 atom stereocenters. The van der Waals surface area contributed by atoms with Gasteiger partial charge in [0.25, 0.3) is 0 Å². The van der Waals surface area contributed by atoms with Gasteiger partial charge in [0.15, 0.2) is 0 Å². The lowest BCUT2D eigenvalue weighted by Crippen LogP contribution is -2.47. The monoisotopic (exact) mass is 289 g/mol. The van der Waals surface area contributed by atoms with Crippen molar-refractivity contribution in [2.75, 3.05) is 4.90 Å². The molecule has 3 heteroatoms. The van der Waals surface area contributed by atoms with Gasteiger partial charge >= 0.3 is 0 Å². The van der Waals surface area contributed by atoms with Gasteiger partial charge in [-0.1, -0.05) is 37.1 Å². The molecule has 1 aliphatic heterocycles. The summed E-state index contributed by atoms with van der Waals surface area (Å²) in [5.74, 6) is 0. The number of benzene rings is 1. The van der Waals surface area contributed by atoms with Gasteiger partial charge in [-0.2, -0.15) is 0 Å². The summed E-state index contributed by atoms with van der Waals surface area (Å²) in [7, 11) is 0. The Hall–Kier alpha value is -0.960. The minimum atomic E-state index is 0.000191. The van der Waals surface area contributed by atoms with Gasteiger partial charge in [0.05, 0.1) is 10.9 Å². The fraction of sp³-hybridized carbons (Fsp3) is 0.588. The van der Waals surface area contributed by atoms with Crippen LogP contribution in [0.5, 0.6) is 0 Å². The summed E-state index contributed by atoms with van der Waals surface area (Å²) in [5, 5.41) is 0.338. The highest BCUT2D eigenvalue weighted by molar-refractivity contribution is 8.15. The van der Waals surface area contributed by atoms with Crippen LogP contribution < -0.4 is 4.90 Å². The van der Waals surface area contributed by atoms with Crippen LogP contribution in [0.25, 0.3) is 0 Å². The molecule has 1 spiro atoms. The molecule has 2 fully saturated rings. The molecule has 0 amide bonds. The highest BCUT2D eigenvalue weighted by atomic mass is 32.2. The number of carbonyl (C=O) groups excluding carboxylic acids is 1. The van der Waals surface area contributed by atoms with E-state index in [1.54, 1.807) is 11.8 Å². The van der Waals surface area contributed by atoms with Gasteiger partial charge < -0.3 is 4.90 Å². The summed E-state index contributed by atoms with van der Waals surface area (Å²) >= 11 is 1.60. The topological polar surface area (TPSA) is 20.3 Å². The fourth-order valence-corrected chi connectivity index (χ4v) is 5.07. The Morgan fingerprint density at radius 1 is 1.15 bits per heavy atom. The quantitative estimate of drug-likeness (QED) is 0.762. The van der Waals surface area contributed by atoms with E-state index >= 15 is 0 Å². The van der Waals surface area contributed by atoms with Gasteiger partial charge in [-0.3, -0.25) is 4.79 Å². The molecule has 1 saturated heterocycles. The Labute approximate surface area is 125 Å². The average Bonchev–Trinajstić information content (AvgIpc) is 2.66. The molecule has 1 aromatic rings. The summed E-state index contributed by atoms with van der Waals surface area (Å²) in [6, 6.07) is 6.62. The van der Waals surface area contributed by atoms with Crippen molar-refractivity contribution in [2.24, 2.45) is 0 Å². The van der Waals surface area contributed by atoms with Crippen molar-refractivity contribution < 1.29 is 4.79 Å². The van der Waals surface area contributed by atoms with Gasteiger partial charge in [-0.15, -0.1) is 0 Å². The average molecular weight is 289 g/mol. The van der Waals surface area contributed by atoms with E-state index in [4.69, 9.17) is 0 Å². The van der Waals surface area contributed by atoms with Crippen molar-refractivity contribution in [1.82, 2.24) is 0 Å². The number of rotatable bonds is 1. The standard InChI is InChI=1S/C17H23NOS/c1-12-7-8-15(11-13(12)2)18-14(3)16(19)20-17(18)9-5-4-6-10-17/h7-8,11,14H,4-6,9-10H2,1-3H3. The Bertz CT molecular complexity index is 534. The lowest BCUT2D eigenvalue weighted by atomic mass is 9.92. The molecule has 3 rings (SSSR count). The zero-order chi connectivity index (χ0) is 14.3. The molecular weight excluding hydrogens is 266 g/mol. The van der Waals surface area contributed by atoms with Crippen LogP contribution in [0.4, 0.5) is 5.69 Å². The molecule has 1 unspecified atom stereocenters. The smallest absolute Gasteiger partial charge is 0.213 e. The van der Waals surface area contributed by atoms with E-state index in [9.17, 15) is 4.79 Å². The number of hydrogen-bond acceptors (Lipinski definition) is 3. The number of anilines is 1. The minimum absolute atomic E-state index is 0.000191. The Kier molecular flexibility index (Phi) is 3.57. The van der Waals surface area contributed by atoms with Gasteiger partial charge in [0.2, 0.25) is 5.12 Å². The van der Waals surface area contributed by atoms with Crippen molar-refractivity contribution >= 4 is 22.6 Å². The van der Waals surface area contributed by atoms with E-state index < -0.39 is 0 Å². The normalized spacial score (nSPS) is 25.4. The molecule has 1 saturated carbocycles. The Morgan fingerprint density at radius 3 is 2.50 bits per heavy atom. The largest absolute Gasteiger partial charge is 0.346 e. The molecule has 1 aromatic carbocycles. The Balaban J connectivity index is 2.02. The van der Waals surface area contributed by atoms with Gasteiger partial charge in [0, 0.05) is 5.69 Å². The number of nitrogens with zero attached hydrogens (tertiary/aromatic N) is 1. The number of hydrogen-bond donors (Lipinski definition) is 0. The first-order chi connectivity index (χ1) is 9.53. The molecule has 2 nitrogen and oxygen atoms in total.